The van der Waals surface area contributed by atoms with E-state index < -0.39 is 10.0 Å². The van der Waals surface area contributed by atoms with Crippen molar-refractivity contribution >= 4 is 10.0 Å². The first-order valence-electron chi connectivity index (χ1n) is 5.22. The van der Waals surface area contributed by atoms with Gasteiger partial charge >= 0.3 is 0 Å². The van der Waals surface area contributed by atoms with Gasteiger partial charge in [0.05, 0.1) is 12.4 Å². The monoisotopic (exact) mass is 254 g/mol. The van der Waals surface area contributed by atoms with Crippen LogP contribution in [-0.4, -0.2) is 54.2 Å². The Morgan fingerprint density at radius 1 is 1.31 bits per heavy atom. The second-order valence-corrected chi connectivity index (χ2v) is 5.49. The lowest BCUT2D eigenvalue weighted by Gasteiger charge is -2.11. The average Bonchev–Trinajstić information content (AvgIpc) is 2.18. The summed E-state index contributed by atoms with van der Waals surface area (Å²) < 4.78 is 34.9. The molecule has 0 rings (SSSR count). The number of hydrogen-bond donors (Lipinski definition) is 2. The van der Waals surface area contributed by atoms with E-state index in [1.165, 1.54) is 0 Å². The summed E-state index contributed by atoms with van der Waals surface area (Å²) in [5, 5.41) is 0. The summed E-state index contributed by atoms with van der Waals surface area (Å²) >= 11 is 0. The minimum Gasteiger partial charge on any atom is -0.385 e. The first-order chi connectivity index (χ1) is 7.52. The summed E-state index contributed by atoms with van der Waals surface area (Å²) in [5.74, 6) is 0.0837. The van der Waals surface area contributed by atoms with Gasteiger partial charge in [-0.2, -0.15) is 0 Å². The Bertz CT molecular complexity index is 256. The highest BCUT2D eigenvalue weighted by atomic mass is 32.2. The molecule has 1 unspecified atom stereocenters. The molecule has 0 saturated heterocycles. The van der Waals surface area contributed by atoms with E-state index in [0.717, 1.165) is 0 Å². The summed E-state index contributed by atoms with van der Waals surface area (Å²) in [6, 6.07) is -0.133. The van der Waals surface area contributed by atoms with Gasteiger partial charge in [0, 0.05) is 33.4 Å². The lowest BCUT2D eigenvalue weighted by molar-refractivity contribution is 0.177. The summed E-state index contributed by atoms with van der Waals surface area (Å²) in [6.07, 6.45) is 1.06. The van der Waals surface area contributed by atoms with Crippen LogP contribution in [0.4, 0.5) is 0 Å². The minimum absolute atomic E-state index is 0.0837. The molecule has 7 heteroatoms. The van der Waals surface area contributed by atoms with Crippen molar-refractivity contribution in [2.45, 2.75) is 18.9 Å². The molecule has 98 valence electrons. The van der Waals surface area contributed by atoms with Crippen LogP contribution in [0.1, 0.15) is 12.8 Å². The van der Waals surface area contributed by atoms with Gasteiger partial charge in [-0.15, -0.1) is 0 Å². The molecule has 16 heavy (non-hydrogen) atoms. The summed E-state index contributed by atoms with van der Waals surface area (Å²) in [4.78, 5) is 0. The van der Waals surface area contributed by atoms with Crippen LogP contribution in [0.2, 0.25) is 0 Å². The number of sulfonamides is 1. The number of nitrogens with two attached hydrogens (primary N) is 1. The standard InChI is InChI=1S/C9H22N2O4S/c1-14-6-3-7-16(12,13)11-5-4-9(10)8-15-2/h9,11H,3-8,10H2,1-2H3. The van der Waals surface area contributed by atoms with E-state index in [-0.39, 0.29) is 11.8 Å². The summed E-state index contributed by atoms with van der Waals surface area (Å²) in [7, 11) is -0.0811. The third-order valence-corrected chi connectivity index (χ3v) is 3.45. The molecular formula is C9H22N2O4S. The fourth-order valence-corrected chi connectivity index (χ4v) is 2.23. The molecule has 3 N–H and O–H groups in total. The Balaban J connectivity index is 3.65. The van der Waals surface area contributed by atoms with Crippen LogP contribution < -0.4 is 10.5 Å². The fourth-order valence-electron chi connectivity index (χ4n) is 1.16. The molecule has 0 amide bonds. The maximum atomic E-state index is 11.4. The van der Waals surface area contributed by atoms with Crippen molar-refractivity contribution < 1.29 is 17.9 Å². The van der Waals surface area contributed by atoms with Gasteiger partial charge in [-0.25, -0.2) is 13.1 Å². The topological polar surface area (TPSA) is 90.7 Å². The van der Waals surface area contributed by atoms with Crippen LogP contribution in [-0.2, 0) is 19.5 Å². The lowest BCUT2D eigenvalue weighted by atomic mass is 10.2. The Kier molecular flexibility index (Phi) is 8.77. The van der Waals surface area contributed by atoms with Crippen molar-refractivity contribution in [2.24, 2.45) is 5.73 Å². The second kappa shape index (κ2) is 8.89. The Labute approximate surface area is 97.5 Å². The van der Waals surface area contributed by atoms with Crippen LogP contribution in [0.5, 0.6) is 0 Å². The smallest absolute Gasteiger partial charge is 0.211 e. The second-order valence-electron chi connectivity index (χ2n) is 3.56. The van der Waals surface area contributed by atoms with Crippen LogP contribution in [0.3, 0.4) is 0 Å². The van der Waals surface area contributed by atoms with E-state index in [1.807, 2.05) is 0 Å². The number of nitrogens with one attached hydrogen (secondary N) is 1. The molecule has 1 atom stereocenters. The van der Waals surface area contributed by atoms with E-state index in [4.69, 9.17) is 15.2 Å². The van der Waals surface area contributed by atoms with E-state index in [2.05, 4.69) is 4.72 Å². The van der Waals surface area contributed by atoms with Crippen molar-refractivity contribution in [3.05, 3.63) is 0 Å². The lowest BCUT2D eigenvalue weighted by Crippen LogP contribution is -2.34. The predicted octanol–water partition coefficient (Wildman–Crippen LogP) is -0.694. The first-order valence-corrected chi connectivity index (χ1v) is 6.88. The van der Waals surface area contributed by atoms with E-state index >= 15 is 0 Å². The zero-order valence-electron chi connectivity index (χ0n) is 9.94. The first kappa shape index (κ1) is 15.8. The number of rotatable bonds is 10. The molecule has 0 bridgehead atoms. The van der Waals surface area contributed by atoms with Crippen LogP contribution in [0, 0.1) is 0 Å². The summed E-state index contributed by atoms with van der Waals surface area (Å²) in [6.45, 7) is 1.23. The SMILES string of the molecule is COCCCS(=O)(=O)NCCC(N)COC. The molecule has 0 aromatic heterocycles. The quantitative estimate of drug-likeness (QED) is 0.503. The minimum atomic E-state index is -3.19. The van der Waals surface area contributed by atoms with Crippen molar-refractivity contribution in [1.29, 1.82) is 0 Å². The highest BCUT2D eigenvalue weighted by molar-refractivity contribution is 7.89. The molecule has 0 radical (unpaired) electrons. The molecule has 0 aromatic rings. The third kappa shape index (κ3) is 9.05. The van der Waals surface area contributed by atoms with Crippen molar-refractivity contribution in [3.8, 4) is 0 Å². The van der Waals surface area contributed by atoms with Crippen molar-refractivity contribution in [1.82, 2.24) is 4.72 Å². The maximum absolute atomic E-state index is 11.4. The Morgan fingerprint density at radius 3 is 2.56 bits per heavy atom. The highest BCUT2D eigenvalue weighted by Crippen LogP contribution is 1.92. The Morgan fingerprint density at radius 2 is 2.00 bits per heavy atom. The third-order valence-electron chi connectivity index (χ3n) is 1.98. The molecule has 0 aliphatic rings. The zero-order chi connectivity index (χ0) is 12.4. The normalized spacial score (nSPS) is 13.9. The van der Waals surface area contributed by atoms with Gasteiger partial charge in [-0.1, -0.05) is 0 Å². The molecule has 6 nitrogen and oxygen atoms in total. The van der Waals surface area contributed by atoms with Gasteiger partial charge in [0.1, 0.15) is 0 Å². The molecular weight excluding hydrogens is 232 g/mol. The van der Waals surface area contributed by atoms with E-state index in [9.17, 15) is 8.42 Å². The zero-order valence-corrected chi connectivity index (χ0v) is 10.8. The molecule has 0 aliphatic heterocycles. The van der Waals surface area contributed by atoms with Crippen molar-refractivity contribution in [3.63, 3.8) is 0 Å². The predicted molar refractivity (Wildman–Crippen MR) is 62.8 cm³/mol. The van der Waals surface area contributed by atoms with Crippen molar-refractivity contribution in [2.75, 3.05) is 39.7 Å². The van der Waals surface area contributed by atoms with E-state index in [0.29, 0.717) is 32.6 Å². The summed E-state index contributed by atoms with van der Waals surface area (Å²) in [5.41, 5.74) is 5.66. The van der Waals surface area contributed by atoms with E-state index in [1.54, 1.807) is 14.2 Å². The number of methoxy groups -OCH3 is 2. The fraction of sp³-hybridized carbons (Fsp3) is 1.00. The van der Waals surface area contributed by atoms with Gasteiger partial charge in [0.2, 0.25) is 10.0 Å². The number of ether oxygens (including phenoxy) is 2. The van der Waals surface area contributed by atoms with Gasteiger partial charge in [0.15, 0.2) is 0 Å². The molecule has 0 saturated carbocycles. The van der Waals surface area contributed by atoms with Crippen LogP contribution in [0.15, 0.2) is 0 Å². The largest absolute Gasteiger partial charge is 0.385 e. The highest BCUT2D eigenvalue weighted by Gasteiger charge is 2.10. The molecule has 0 aromatic carbocycles. The molecule has 0 heterocycles. The van der Waals surface area contributed by atoms with Gasteiger partial charge < -0.3 is 15.2 Å². The average molecular weight is 254 g/mol. The molecule has 0 aliphatic carbocycles. The van der Waals surface area contributed by atoms with Gasteiger partial charge in [-0.05, 0) is 12.8 Å². The maximum Gasteiger partial charge on any atom is 0.211 e. The van der Waals surface area contributed by atoms with Gasteiger partial charge in [-0.3, -0.25) is 0 Å². The Hall–Kier alpha value is -0.210. The molecule has 0 spiro atoms. The molecule has 0 fully saturated rings. The van der Waals surface area contributed by atoms with Crippen LogP contribution >= 0.6 is 0 Å². The van der Waals surface area contributed by atoms with Crippen LogP contribution in [0.25, 0.3) is 0 Å². The number of hydrogen-bond acceptors (Lipinski definition) is 5. The van der Waals surface area contributed by atoms with Gasteiger partial charge in [0.25, 0.3) is 0 Å².